The molecular formula is C12H20N2O2S. The molecule has 0 saturated heterocycles. The first-order valence-electron chi connectivity index (χ1n) is 5.88. The predicted octanol–water partition coefficient (Wildman–Crippen LogP) is 2.08. The van der Waals surface area contributed by atoms with E-state index in [1.165, 1.54) is 4.31 Å². The summed E-state index contributed by atoms with van der Waals surface area (Å²) in [4.78, 5) is 0.206. The van der Waals surface area contributed by atoms with Gasteiger partial charge in [-0.25, -0.2) is 8.42 Å². The first-order valence-corrected chi connectivity index (χ1v) is 7.32. The van der Waals surface area contributed by atoms with Gasteiger partial charge in [0.1, 0.15) is 4.90 Å². The van der Waals surface area contributed by atoms with Gasteiger partial charge in [0.25, 0.3) is 0 Å². The minimum atomic E-state index is -3.45. The van der Waals surface area contributed by atoms with Crippen molar-refractivity contribution in [3.05, 3.63) is 24.3 Å². The zero-order chi connectivity index (χ0) is 12.9. The first kappa shape index (κ1) is 14.0. The van der Waals surface area contributed by atoms with Crippen molar-refractivity contribution in [1.29, 1.82) is 0 Å². The smallest absolute Gasteiger partial charge is 0.245 e. The molecule has 96 valence electrons. The topological polar surface area (TPSA) is 63.4 Å². The summed E-state index contributed by atoms with van der Waals surface area (Å²) >= 11 is 0. The van der Waals surface area contributed by atoms with Crippen molar-refractivity contribution < 1.29 is 8.42 Å². The zero-order valence-corrected chi connectivity index (χ0v) is 11.2. The summed E-state index contributed by atoms with van der Waals surface area (Å²) < 4.78 is 26.1. The van der Waals surface area contributed by atoms with Crippen LogP contribution in [0.1, 0.15) is 26.7 Å². The summed E-state index contributed by atoms with van der Waals surface area (Å²) in [5.41, 5.74) is 6.03. The third-order valence-electron chi connectivity index (χ3n) is 2.65. The van der Waals surface area contributed by atoms with E-state index in [9.17, 15) is 8.42 Å². The standard InChI is InChI=1S/C12H20N2O2S/c1-3-5-10-14(4-2)17(15,16)12-9-7-6-8-11(12)13/h6-9H,3-5,10,13H2,1-2H3. The van der Waals surface area contributed by atoms with Gasteiger partial charge in [0, 0.05) is 13.1 Å². The van der Waals surface area contributed by atoms with Crippen LogP contribution in [0.4, 0.5) is 5.69 Å². The molecule has 5 heteroatoms. The number of para-hydroxylation sites is 1. The van der Waals surface area contributed by atoms with Crippen molar-refractivity contribution in [1.82, 2.24) is 4.31 Å². The first-order chi connectivity index (χ1) is 8.04. The van der Waals surface area contributed by atoms with Crippen LogP contribution >= 0.6 is 0 Å². The maximum atomic E-state index is 12.3. The Kier molecular flexibility index (Phi) is 4.96. The molecule has 0 radical (unpaired) electrons. The molecule has 0 fully saturated rings. The lowest BCUT2D eigenvalue weighted by atomic mass is 10.3. The van der Waals surface area contributed by atoms with Gasteiger partial charge < -0.3 is 5.73 Å². The van der Waals surface area contributed by atoms with E-state index in [2.05, 4.69) is 0 Å². The second-order valence-electron chi connectivity index (χ2n) is 3.89. The second-order valence-corrected chi connectivity index (χ2v) is 5.79. The van der Waals surface area contributed by atoms with E-state index in [4.69, 9.17) is 5.73 Å². The number of nitrogen functional groups attached to an aromatic ring is 1. The van der Waals surface area contributed by atoms with Crippen LogP contribution in [0.3, 0.4) is 0 Å². The van der Waals surface area contributed by atoms with Crippen LogP contribution in [0.25, 0.3) is 0 Å². The maximum Gasteiger partial charge on any atom is 0.245 e. The molecule has 0 aliphatic carbocycles. The summed E-state index contributed by atoms with van der Waals surface area (Å²) in [6.07, 6.45) is 1.83. The van der Waals surface area contributed by atoms with Gasteiger partial charge in [0.05, 0.1) is 5.69 Å². The number of nitrogens with two attached hydrogens (primary N) is 1. The third kappa shape index (κ3) is 3.20. The van der Waals surface area contributed by atoms with E-state index in [-0.39, 0.29) is 4.90 Å². The van der Waals surface area contributed by atoms with Crippen molar-refractivity contribution in [2.75, 3.05) is 18.8 Å². The molecule has 4 nitrogen and oxygen atoms in total. The summed E-state index contributed by atoms with van der Waals surface area (Å²) in [5, 5.41) is 0. The molecule has 1 aromatic carbocycles. The Hall–Kier alpha value is -1.07. The Labute approximate surface area is 103 Å². The van der Waals surface area contributed by atoms with Crippen molar-refractivity contribution in [3.8, 4) is 0 Å². The number of benzene rings is 1. The molecule has 0 amide bonds. The fourth-order valence-corrected chi connectivity index (χ4v) is 3.24. The van der Waals surface area contributed by atoms with Gasteiger partial charge >= 0.3 is 0 Å². The molecule has 0 aliphatic rings. The Balaban J connectivity index is 3.05. The van der Waals surface area contributed by atoms with E-state index in [0.29, 0.717) is 18.8 Å². The highest BCUT2D eigenvalue weighted by Gasteiger charge is 2.24. The van der Waals surface area contributed by atoms with Crippen molar-refractivity contribution in [3.63, 3.8) is 0 Å². The summed E-state index contributed by atoms with van der Waals surface area (Å²) in [6.45, 7) is 4.89. The van der Waals surface area contributed by atoms with Crippen LogP contribution in [-0.4, -0.2) is 25.8 Å². The lowest BCUT2D eigenvalue weighted by Gasteiger charge is -2.21. The lowest BCUT2D eigenvalue weighted by Crippen LogP contribution is -2.32. The average Bonchev–Trinajstić information content (AvgIpc) is 2.30. The van der Waals surface area contributed by atoms with Gasteiger partial charge in [-0.3, -0.25) is 0 Å². The molecule has 0 bridgehead atoms. The van der Waals surface area contributed by atoms with Crippen LogP contribution in [0, 0.1) is 0 Å². The SMILES string of the molecule is CCCCN(CC)S(=O)(=O)c1ccccc1N. The molecule has 0 atom stereocenters. The number of rotatable bonds is 6. The Morgan fingerprint density at radius 3 is 2.41 bits per heavy atom. The number of sulfonamides is 1. The van der Waals surface area contributed by atoms with E-state index in [1.807, 2.05) is 13.8 Å². The van der Waals surface area contributed by atoms with Gasteiger partial charge in [-0.05, 0) is 18.6 Å². The fourth-order valence-electron chi connectivity index (χ4n) is 1.64. The largest absolute Gasteiger partial charge is 0.398 e. The molecule has 2 N–H and O–H groups in total. The van der Waals surface area contributed by atoms with Crippen LogP contribution in [0.2, 0.25) is 0 Å². The lowest BCUT2D eigenvalue weighted by molar-refractivity contribution is 0.419. The van der Waals surface area contributed by atoms with E-state index < -0.39 is 10.0 Å². The molecule has 0 heterocycles. The van der Waals surface area contributed by atoms with Crippen LogP contribution in [-0.2, 0) is 10.0 Å². The normalized spacial score (nSPS) is 11.9. The van der Waals surface area contributed by atoms with Gasteiger partial charge in [-0.1, -0.05) is 32.4 Å². The van der Waals surface area contributed by atoms with Crippen LogP contribution in [0.15, 0.2) is 29.2 Å². The molecule has 0 spiro atoms. The molecule has 0 aromatic heterocycles. The summed E-state index contributed by atoms with van der Waals surface area (Å²) in [6, 6.07) is 6.59. The van der Waals surface area contributed by atoms with E-state index in [0.717, 1.165) is 12.8 Å². The highest BCUT2D eigenvalue weighted by atomic mass is 32.2. The molecule has 0 aliphatic heterocycles. The van der Waals surface area contributed by atoms with E-state index >= 15 is 0 Å². The Bertz CT molecular complexity index is 457. The minimum absolute atomic E-state index is 0.206. The minimum Gasteiger partial charge on any atom is -0.398 e. The summed E-state index contributed by atoms with van der Waals surface area (Å²) in [7, 11) is -3.45. The molecule has 1 aromatic rings. The number of anilines is 1. The maximum absolute atomic E-state index is 12.3. The molecule has 17 heavy (non-hydrogen) atoms. The fraction of sp³-hybridized carbons (Fsp3) is 0.500. The van der Waals surface area contributed by atoms with Gasteiger partial charge in [0.15, 0.2) is 0 Å². The second kappa shape index (κ2) is 6.02. The van der Waals surface area contributed by atoms with Gasteiger partial charge in [0.2, 0.25) is 10.0 Å². The zero-order valence-electron chi connectivity index (χ0n) is 10.4. The Morgan fingerprint density at radius 1 is 1.24 bits per heavy atom. The molecule has 0 unspecified atom stereocenters. The van der Waals surface area contributed by atoms with Gasteiger partial charge in [-0.15, -0.1) is 0 Å². The average molecular weight is 256 g/mol. The predicted molar refractivity (Wildman–Crippen MR) is 70.2 cm³/mol. The van der Waals surface area contributed by atoms with Crippen molar-refractivity contribution in [2.24, 2.45) is 0 Å². The number of unbranched alkanes of at least 4 members (excludes halogenated alkanes) is 1. The molecule has 1 rings (SSSR count). The Morgan fingerprint density at radius 2 is 1.88 bits per heavy atom. The van der Waals surface area contributed by atoms with Crippen LogP contribution in [0.5, 0.6) is 0 Å². The van der Waals surface area contributed by atoms with E-state index in [1.54, 1.807) is 24.3 Å². The van der Waals surface area contributed by atoms with Crippen LogP contribution < -0.4 is 5.73 Å². The quantitative estimate of drug-likeness (QED) is 0.793. The number of hydrogen-bond donors (Lipinski definition) is 1. The third-order valence-corrected chi connectivity index (χ3v) is 4.70. The van der Waals surface area contributed by atoms with Gasteiger partial charge in [-0.2, -0.15) is 4.31 Å². The number of hydrogen-bond acceptors (Lipinski definition) is 3. The van der Waals surface area contributed by atoms with Crippen molar-refractivity contribution >= 4 is 15.7 Å². The summed E-state index contributed by atoms with van der Waals surface area (Å²) in [5.74, 6) is 0. The molecular weight excluding hydrogens is 236 g/mol. The molecule has 0 saturated carbocycles. The highest BCUT2D eigenvalue weighted by Crippen LogP contribution is 2.21. The highest BCUT2D eigenvalue weighted by molar-refractivity contribution is 7.89. The van der Waals surface area contributed by atoms with Crippen molar-refractivity contribution in [2.45, 2.75) is 31.6 Å². The number of nitrogens with zero attached hydrogens (tertiary/aromatic N) is 1. The monoisotopic (exact) mass is 256 g/mol.